The molecule has 0 unspecified atom stereocenters. The zero-order valence-electron chi connectivity index (χ0n) is 16.7. The molecule has 0 radical (unpaired) electrons. The SMILES string of the molecule is CCCCS(=O)(=O)ON=C(C)c1ccc(C(C#N)=NOS(=O)(=O)CCCC)cc1. The minimum absolute atomic E-state index is 0.109. The first-order valence-electron chi connectivity index (χ1n) is 9.10. The molecule has 0 N–H and O–H groups in total. The van der Waals surface area contributed by atoms with Crippen LogP contribution in [-0.4, -0.2) is 39.8 Å². The Morgan fingerprint density at radius 3 is 1.79 bits per heavy atom. The fraction of sp³-hybridized carbons (Fsp3) is 0.500. The van der Waals surface area contributed by atoms with Crippen LogP contribution >= 0.6 is 0 Å². The molecule has 1 aromatic rings. The van der Waals surface area contributed by atoms with E-state index in [4.69, 9.17) is 0 Å². The first-order chi connectivity index (χ1) is 13.6. The van der Waals surface area contributed by atoms with Crippen molar-refractivity contribution in [2.75, 3.05) is 11.5 Å². The normalized spacial score (nSPS) is 13.0. The highest BCUT2D eigenvalue weighted by molar-refractivity contribution is 7.86. The molecule has 0 saturated carbocycles. The van der Waals surface area contributed by atoms with E-state index in [0.717, 1.165) is 6.42 Å². The van der Waals surface area contributed by atoms with Gasteiger partial charge < -0.3 is 0 Å². The predicted octanol–water partition coefficient (Wildman–Crippen LogP) is 2.93. The lowest BCUT2D eigenvalue weighted by molar-refractivity contribution is 0.337. The summed E-state index contributed by atoms with van der Waals surface area (Å²) in [5.74, 6) is -0.288. The minimum Gasteiger partial charge on any atom is -0.268 e. The van der Waals surface area contributed by atoms with Gasteiger partial charge in [-0.2, -0.15) is 22.1 Å². The summed E-state index contributed by atoms with van der Waals surface area (Å²) in [7, 11) is -7.56. The second-order valence-corrected chi connectivity index (χ2v) is 9.53. The maximum Gasteiger partial charge on any atom is 0.328 e. The summed E-state index contributed by atoms with van der Waals surface area (Å²) in [5, 5.41) is 16.3. The van der Waals surface area contributed by atoms with Crippen LogP contribution in [0.4, 0.5) is 0 Å². The van der Waals surface area contributed by atoms with Crippen molar-refractivity contribution in [2.45, 2.75) is 46.5 Å². The summed E-state index contributed by atoms with van der Waals surface area (Å²) in [6, 6.07) is 7.98. The van der Waals surface area contributed by atoms with Gasteiger partial charge in [-0.3, -0.25) is 8.57 Å². The van der Waals surface area contributed by atoms with E-state index >= 15 is 0 Å². The Morgan fingerprint density at radius 1 is 0.897 bits per heavy atom. The number of hydrogen-bond acceptors (Lipinski definition) is 9. The van der Waals surface area contributed by atoms with Crippen molar-refractivity contribution < 1.29 is 25.4 Å². The van der Waals surface area contributed by atoms with E-state index in [9.17, 15) is 22.1 Å². The van der Waals surface area contributed by atoms with Gasteiger partial charge in [0.1, 0.15) is 6.07 Å². The fourth-order valence-electron chi connectivity index (χ4n) is 1.98. The monoisotopic (exact) mass is 443 g/mol. The van der Waals surface area contributed by atoms with Crippen LogP contribution in [0.25, 0.3) is 0 Å². The van der Waals surface area contributed by atoms with Crippen LogP contribution in [0.1, 0.15) is 57.6 Å². The standard InChI is InChI=1S/C18H25N3O6S2/c1-4-6-12-28(22,23)26-20-15(3)16-8-10-17(11-9-16)18(14-19)21-27-29(24,25)13-7-5-2/h8-11H,4-7,12-13H2,1-3H3. The van der Waals surface area contributed by atoms with Gasteiger partial charge in [0.25, 0.3) is 0 Å². The largest absolute Gasteiger partial charge is 0.328 e. The molecule has 29 heavy (non-hydrogen) atoms. The van der Waals surface area contributed by atoms with Crippen LogP contribution in [0.15, 0.2) is 34.6 Å². The Balaban J connectivity index is 2.89. The summed E-state index contributed by atoms with van der Waals surface area (Å²) >= 11 is 0. The smallest absolute Gasteiger partial charge is 0.268 e. The molecule has 0 atom stereocenters. The van der Waals surface area contributed by atoms with Crippen molar-refractivity contribution in [1.82, 2.24) is 0 Å². The van der Waals surface area contributed by atoms with E-state index in [-0.39, 0.29) is 17.2 Å². The van der Waals surface area contributed by atoms with Gasteiger partial charge in [0.15, 0.2) is 5.71 Å². The Bertz CT molecular complexity index is 975. The molecular weight excluding hydrogens is 418 g/mol. The molecule has 1 aromatic carbocycles. The number of nitriles is 1. The van der Waals surface area contributed by atoms with Gasteiger partial charge >= 0.3 is 20.2 Å². The first-order valence-corrected chi connectivity index (χ1v) is 12.3. The van der Waals surface area contributed by atoms with Crippen LogP contribution < -0.4 is 0 Å². The summed E-state index contributed by atoms with van der Waals surface area (Å²) < 4.78 is 55.9. The van der Waals surface area contributed by atoms with E-state index in [1.807, 2.05) is 13.8 Å². The van der Waals surface area contributed by atoms with E-state index in [2.05, 4.69) is 18.9 Å². The molecule has 0 fully saturated rings. The highest BCUT2D eigenvalue weighted by atomic mass is 32.2. The Hall–Kier alpha value is -2.45. The maximum atomic E-state index is 11.7. The zero-order valence-corrected chi connectivity index (χ0v) is 18.3. The molecule has 11 heteroatoms. The molecule has 9 nitrogen and oxygen atoms in total. The van der Waals surface area contributed by atoms with Crippen LogP contribution in [0.5, 0.6) is 0 Å². The highest BCUT2D eigenvalue weighted by Gasteiger charge is 2.13. The molecule has 0 amide bonds. The molecule has 0 spiro atoms. The number of benzene rings is 1. The van der Waals surface area contributed by atoms with Crippen LogP contribution in [0.3, 0.4) is 0 Å². The van der Waals surface area contributed by atoms with E-state index < -0.39 is 20.2 Å². The average molecular weight is 444 g/mol. The minimum atomic E-state index is -3.84. The van der Waals surface area contributed by atoms with Crippen molar-refractivity contribution in [3.63, 3.8) is 0 Å². The van der Waals surface area contributed by atoms with E-state index in [1.165, 1.54) is 12.1 Å². The molecule has 0 aliphatic rings. The third kappa shape index (κ3) is 9.06. The Morgan fingerprint density at radius 2 is 1.34 bits per heavy atom. The van der Waals surface area contributed by atoms with E-state index in [1.54, 1.807) is 25.1 Å². The van der Waals surface area contributed by atoms with Crippen molar-refractivity contribution in [3.05, 3.63) is 35.4 Å². The second-order valence-electron chi connectivity index (χ2n) is 6.19. The summed E-state index contributed by atoms with van der Waals surface area (Å²) in [5.41, 5.74) is 1.02. The van der Waals surface area contributed by atoms with Gasteiger partial charge in [-0.25, -0.2) is 0 Å². The van der Waals surface area contributed by atoms with Crippen molar-refractivity contribution >= 4 is 31.7 Å². The number of rotatable bonds is 12. The maximum absolute atomic E-state index is 11.7. The molecule has 0 aromatic heterocycles. The molecule has 1 rings (SSSR count). The fourth-order valence-corrected chi connectivity index (χ4v) is 3.83. The van der Waals surface area contributed by atoms with Gasteiger partial charge in [0.2, 0.25) is 0 Å². The Labute approximate surface area is 172 Å². The lowest BCUT2D eigenvalue weighted by atomic mass is 10.1. The van der Waals surface area contributed by atoms with Crippen molar-refractivity contribution in [2.24, 2.45) is 10.3 Å². The zero-order chi connectivity index (χ0) is 21.9. The number of oxime groups is 2. The van der Waals surface area contributed by atoms with Gasteiger partial charge in [-0.15, -0.1) is 0 Å². The first kappa shape index (κ1) is 24.6. The quantitative estimate of drug-likeness (QED) is 0.358. The van der Waals surface area contributed by atoms with Gasteiger partial charge in [-0.05, 0) is 25.3 Å². The van der Waals surface area contributed by atoms with Gasteiger partial charge in [-0.1, -0.05) is 61.3 Å². The summed E-state index contributed by atoms with van der Waals surface area (Å²) in [4.78, 5) is 0. The molecular formula is C18H25N3O6S2. The predicted molar refractivity (Wildman–Crippen MR) is 110 cm³/mol. The second kappa shape index (κ2) is 11.5. The number of nitrogens with zero attached hydrogens (tertiary/aromatic N) is 3. The van der Waals surface area contributed by atoms with Crippen LogP contribution in [-0.2, 0) is 28.8 Å². The number of hydrogen-bond donors (Lipinski definition) is 0. The molecule has 0 aliphatic carbocycles. The highest BCUT2D eigenvalue weighted by Crippen LogP contribution is 2.10. The molecule has 0 aliphatic heterocycles. The van der Waals surface area contributed by atoms with Gasteiger partial charge in [0, 0.05) is 5.56 Å². The lowest BCUT2D eigenvalue weighted by Gasteiger charge is -2.04. The van der Waals surface area contributed by atoms with Crippen molar-refractivity contribution in [3.8, 4) is 6.07 Å². The third-order valence-corrected chi connectivity index (χ3v) is 5.89. The van der Waals surface area contributed by atoms with Crippen LogP contribution in [0.2, 0.25) is 0 Å². The third-order valence-electron chi connectivity index (χ3n) is 3.71. The van der Waals surface area contributed by atoms with Crippen molar-refractivity contribution in [1.29, 1.82) is 5.26 Å². The van der Waals surface area contributed by atoms with E-state index in [0.29, 0.717) is 36.1 Å². The molecule has 0 saturated heterocycles. The molecule has 160 valence electrons. The summed E-state index contributed by atoms with van der Waals surface area (Å²) in [6.07, 6.45) is 2.32. The topological polar surface area (TPSA) is 135 Å². The van der Waals surface area contributed by atoms with Gasteiger partial charge in [0.05, 0.1) is 17.2 Å². The number of unbranched alkanes of at least 4 members (excludes halogenated alkanes) is 2. The Kier molecular flexibility index (Phi) is 9.77. The molecule has 0 bridgehead atoms. The van der Waals surface area contributed by atoms with Crippen LogP contribution in [0, 0.1) is 11.3 Å². The molecule has 0 heterocycles. The lowest BCUT2D eigenvalue weighted by Crippen LogP contribution is -2.10. The average Bonchev–Trinajstić information content (AvgIpc) is 2.70. The summed E-state index contributed by atoms with van der Waals surface area (Å²) in [6.45, 7) is 5.29.